The Balaban J connectivity index is 0.00000127. The molecule has 3 heteroatoms. The van der Waals surface area contributed by atoms with Gasteiger partial charge in [-0.05, 0) is 25.0 Å². The van der Waals surface area contributed by atoms with Crippen LogP contribution < -0.4 is 0 Å². The van der Waals surface area contributed by atoms with Crippen LogP contribution in [0.25, 0.3) is 11.1 Å². The van der Waals surface area contributed by atoms with Gasteiger partial charge in [0.05, 0.1) is 5.41 Å². The van der Waals surface area contributed by atoms with Crippen molar-refractivity contribution in [3.63, 3.8) is 0 Å². The quantitative estimate of drug-likeness (QED) is 0.785. The van der Waals surface area contributed by atoms with Crippen molar-refractivity contribution >= 4 is 11.8 Å². The van der Waals surface area contributed by atoms with Crippen LogP contribution in [0.4, 0.5) is 0 Å². The van der Waals surface area contributed by atoms with Crippen molar-refractivity contribution in [2.24, 2.45) is 5.41 Å². The number of hydrogen-bond donors (Lipinski definition) is 1. The lowest BCUT2D eigenvalue weighted by molar-refractivity contribution is -0.146. The highest BCUT2D eigenvalue weighted by atomic mass is 16.4. The summed E-state index contributed by atoms with van der Waals surface area (Å²) in [6, 6.07) is 17.2. The molecule has 0 saturated carbocycles. The standard InChI is InChI=1S/C18H18O3.C2H6/c1-18(2,17(20)21)12-16(19)15-10-8-14(9-11-15)13-6-4-3-5-7-13;1-2/h3-11H,12H2,1-2H3,(H,20,21);1-2H3. The lowest BCUT2D eigenvalue weighted by Crippen LogP contribution is -2.26. The highest BCUT2D eigenvalue weighted by Gasteiger charge is 2.30. The lowest BCUT2D eigenvalue weighted by atomic mass is 9.85. The van der Waals surface area contributed by atoms with Crippen LogP contribution in [0.1, 0.15) is 44.5 Å². The van der Waals surface area contributed by atoms with Crippen LogP contribution in [-0.4, -0.2) is 16.9 Å². The maximum Gasteiger partial charge on any atom is 0.309 e. The van der Waals surface area contributed by atoms with E-state index in [1.807, 2.05) is 56.3 Å². The Morgan fingerprint density at radius 2 is 1.35 bits per heavy atom. The number of benzene rings is 2. The van der Waals surface area contributed by atoms with Crippen LogP contribution in [0.3, 0.4) is 0 Å². The Bertz CT molecular complexity index is 640. The Morgan fingerprint density at radius 1 is 0.870 bits per heavy atom. The average Bonchev–Trinajstić information content (AvgIpc) is 2.57. The van der Waals surface area contributed by atoms with Crippen molar-refractivity contribution in [2.45, 2.75) is 34.1 Å². The van der Waals surface area contributed by atoms with Crippen molar-refractivity contribution in [3.8, 4) is 11.1 Å². The van der Waals surface area contributed by atoms with Crippen LogP contribution in [0.15, 0.2) is 54.6 Å². The van der Waals surface area contributed by atoms with Crippen molar-refractivity contribution < 1.29 is 14.7 Å². The van der Waals surface area contributed by atoms with E-state index in [0.29, 0.717) is 5.56 Å². The van der Waals surface area contributed by atoms with Gasteiger partial charge in [0.25, 0.3) is 0 Å². The third kappa shape index (κ3) is 5.06. The molecule has 122 valence electrons. The van der Waals surface area contributed by atoms with E-state index in [-0.39, 0.29) is 12.2 Å². The van der Waals surface area contributed by atoms with Crippen LogP contribution in [0, 0.1) is 5.41 Å². The zero-order chi connectivity index (χ0) is 17.5. The van der Waals surface area contributed by atoms with E-state index in [2.05, 4.69) is 0 Å². The molecule has 0 aliphatic carbocycles. The Labute approximate surface area is 138 Å². The summed E-state index contributed by atoms with van der Waals surface area (Å²) in [5.41, 5.74) is 1.62. The molecular formula is C20H24O3. The maximum absolute atomic E-state index is 12.1. The molecule has 23 heavy (non-hydrogen) atoms. The molecule has 0 atom stereocenters. The molecule has 2 aromatic rings. The van der Waals surface area contributed by atoms with Gasteiger partial charge in [0.2, 0.25) is 0 Å². The van der Waals surface area contributed by atoms with Gasteiger partial charge in [0.15, 0.2) is 5.78 Å². The third-order valence-corrected chi connectivity index (χ3v) is 3.50. The van der Waals surface area contributed by atoms with Gasteiger partial charge in [-0.1, -0.05) is 68.4 Å². The Morgan fingerprint density at radius 3 is 1.83 bits per heavy atom. The van der Waals surface area contributed by atoms with Gasteiger partial charge in [-0.25, -0.2) is 0 Å². The number of hydrogen-bond acceptors (Lipinski definition) is 2. The highest BCUT2D eigenvalue weighted by Crippen LogP contribution is 2.25. The van der Waals surface area contributed by atoms with Gasteiger partial charge in [0.1, 0.15) is 0 Å². The molecule has 0 aliphatic heterocycles. The summed E-state index contributed by atoms with van der Waals surface area (Å²) < 4.78 is 0. The van der Waals surface area contributed by atoms with Gasteiger partial charge in [0, 0.05) is 12.0 Å². The zero-order valence-corrected chi connectivity index (χ0v) is 14.2. The van der Waals surface area contributed by atoms with E-state index in [9.17, 15) is 9.59 Å². The van der Waals surface area contributed by atoms with Crippen LogP contribution in [0.2, 0.25) is 0 Å². The van der Waals surface area contributed by atoms with E-state index in [1.54, 1.807) is 26.0 Å². The second kappa shape index (κ2) is 8.28. The van der Waals surface area contributed by atoms with Gasteiger partial charge in [-0.3, -0.25) is 9.59 Å². The molecule has 0 unspecified atom stereocenters. The number of carbonyl (C=O) groups excluding carboxylic acids is 1. The third-order valence-electron chi connectivity index (χ3n) is 3.50. The van der Waals surface area contributed by atoms with E-state index in [4.69, 9.17) is 5.11 Å². The summed E-state index contributed by atoms with van der Waals surface area (Å²) >= 11 is 0. The van der Waals surface area contributed by atoms with Crippen LogP contribution >= 0.6 is 0 Å². The molecule has 2 aromatic carbocycles. The minimum Gasteiger partial charge on any atom is -0.481 e. The predicted molar refractivity (Wildman–Crippen MR) is 93.6 cm³/mol. The fourth-order valence-corrected chi connectivity index (χ4v) is 2.06. The molecule has 0 spiro atoms. The fourth-order valence-electron chi connectivity index (χ4n) is 2.06. The largest absolute Gasteiger partial charge is 0.481 e. The number of ketones is 1. The van der Waals surface area contributed by atoms with Crippen molar-refractivity contribution in [1.82, 2.24) is 0 Å². The molecule has 0 aliphatic rings. The first-order valence-electron chi connectivity index (χ1n) is 7.82. The minimum atomic E-state index is -1.05. The molecule has 0 heterocycles. The number of carboxylic acid groups (broad SMARTS) is 1. The Kier molecular flexibility index (Phi) is 6.70. The first-order valence-corrected chi connectivity index (χ1v) is 7.82. The first-order chi connectivity index (χ1) is 10.9. The second-order valence-electron chi connectivity index (χ2n) is 5.73. The number of Topliss-reactive ketones (excluding diaryl/α,β-unsaturated/α-hetero) is 1. The number of carbonyl (C=O) groups is 2. The molecule has 0 fully saturated rings. The molecule has 3 nitrogen and oxygen atoms in total. The first kappa shape index (κ1) is 18.6. The smallest absolute Gasteiger partial charge is 0.309 e. The summed E-state index contributed by atoms with van der Waals surface area (Å²) in [6.45, 7) is 7.12. The van der Waals surface area contributed by atoms with E-state index in [1.165, 1.54) is 0 Å². The van der Waals surface area contributed by atoms with Gasteiger partial charge < -0.3 is 5.11 Å². The Hall–Kier alpha value is -2.42. The molecule has 2 rings (SSSR count). The minimum absolute atomic E-state index is 0.00693. The highest BCUT2D eigenvalue weighted by molar-refractivity contribution is 5.99. The SMILES string of the molecule is CC.CC(C)(CC(=O)c1ccc(-c2ccccc2)cc1)C(=O)O. The van der Waals surface area contributed by atoms with E-state index in [0.717, 1.165) is 11.1 Å². The van der Waals surface area contributed by atoms with Crippen LogP contribution in [-0.2, 0) is 4.79 Å². The normalized spacial score (nSPS) is 10.4. The number of carboxylic acids is 1. The summed E-state index contributed by atoms with van der Waals surface area (Å²) in [7, 11) is 0. The van der Waals surface area contributed by atoms with Crippen molar-refractivity contribution in [3.05, 3.63) is 60.2 Å². The average molecular weight is 312 g/mol. The topological polar surface area (TPSA) is 54.4 Å². The van der Waals surface area contributed by atoms with E-state index >= 15 is 0 Å². The van der Waals surface area contributed by atoms with Crippen molar-refractivity contribution in [1.29, 1.82) is 0 Å². The monoisotopic (exact) mass is 312 g/mol. The molecule has 0 bridgehead atoms. The predicted octanol–water partition coefficient (Wildman–Crippen LogP) is 5.06. The van der Waals surface area contributed by atoms with Gasteiger partial charge >= 0.3 is 5.97 Å². The van der Waals surface area contributed by atoms with Crippen LogP contribution in [0.5, 0.6) is 0 Å². The van der Waals surface area contributed by atoms with E-state index < -0.39 is 11.4 Å². The zero-order valence-electron chi connectivity index (χ0n) is 14.2. The summed E-state index contributed by atoms with van der Waals surface area (Å²) in [5, 5.41) is 9.08. The molecule has 0 saturated heterocycles. The maximum atomic E-state index is 12.1. The lowest BCUT2D eigenvalue weighted by Gasteiger charge is -2.17. The summed E-state index contributed by atoms with van der Waals surface area (Å²) in [6.07, 6.45) is -0.00693. The molecule has 1 N–H and O–H groups in total. The van der Waals surface area contributed by atoms with Gasteiger partial charge in [-0.15, -0.1) is 0 Å². The molecule has 0 radical (unpaired) electrons. The summed E-state index contributed by atoms with van der Waals surface area (Å²) in [5.74, 6) is -1.11. The molecule has 0 aromatic heterocycles. The summed E-state index contributed by atoms with van der Waals surface area (Å²) in [4.78, 5) is 23.2. The van der Waals surface area contributed by atoms with Gasteiger partial charge in [-0.2, -0.15) is 0 Å². The molecular weight excluding hydrogens is 288 g/mol. The number of rotatable bonds is 5. The van der Waals surface area contributed by atoms with Crippen molar-refractivity contribution in [2.75, 3.05) is 0 Å². The number of aliphatic carboxylic acids is 1. The second-order valence-corrected chi connectivity index (χ2v) is 5.73. The fraction of sp³-hybridized carbons (Fsp3) is 0.300. The molecule has 0 amide bonds.